The topological polar surface area (TPSA) is 35.5 Å². The Bertz CT molecular complexity index is 322. The first kappa shape index (κ1) is 12.6. The minimum absolute atomic E-state index is 0.195. The Labute approximate surface area is 96.4 Å². The average molecular weight is 222 g/mol. The van der Waals surface area contributed by atoms with E-state index in [0.29, 0.717) is 13.0 Å². The SMILES string of the molecule is CC(C)(C)Oc1ccc(OCCC=O)cc1. The minimum atomic E-state index is -0.195. The van der Waals surface area contributed by atoms with Crippen LogP contribution >= 0.6 is 0 Å². The number of aldehydes is 1. The summed E-state index contributed by atoms with van der Waals surface area (Å²) in [4.78, 5) is 10.1. The largest absolute Gasteiger partial charge is 0.493 e. The summed E-state index contributed by atoms with van der Waals surface area (Å²) in [6, 6.07) is 7.40. The smallest absolute Gasteiger partial charge is 0.123 e. The normalized spacial score (nSPS) is 10.9. The van der Waals surface area contributed by atoms with Crippen LogP contribution in [-0.4, -0.2) is 18.5 Å². The molecule has 1 aromatic carbocycles. The second kappa shape index (κ2) is 5.54. The lowest BCUT2D eigenvalue weighted by Crippen LogP contribution is -2.22. The van der Waals surface area contributed by atoms with Crippen LogP contribution in [0.15, 0.2) is 24.3 Å². The Kier molecular flexibility index (Phi) is 4.35. The molecule has 1 aromatic rings. The molecule has 88 valence electrons. The van der Waals surface area contributed by atoms with Crippen molar-refractivity contribution in [2.24, 2.45) is 0 Å². The monoisotopic (exact) mass is 222 g/mol. The lowest BCUT2D eigenvalue weighted by atomic mass is 10.2. The third-order valence-electron chi connectivity index (χ3n) is 1.75. The van der Waals surface area contributed by atoms with Crippen LogP contribution in [0.1, 0.15) is 27.2 Å². The van der Waals surface area contributed by atoms with Gasteiger partial charge in [0.25, 0.3) is 0 Å². The molecule has 0 spiro atoms. The second-order valence-electron chi connectivity index (χ2n) is 4.49. The molecule has 0 atom stereocenters. The summed E-state index contributed by atoms with van der Waals surface area (Å²) in [6.45, 7) is 6.42. The number of hydrogen-bond donors (Lipinski definition) is 0. The predicted octanol–water partition coefficient (Wildman–Crippen LogP) is 2.83. The Morgan fingerprint density at radius 2 is 1.69 bits per heavy atom. The lowest BCUT2D eigenvalue weighted by Gasteiger charge is -2.21. The van der Waals surface area contributed by atoms with Gasteiger partial charge < -0.3 is 14.3 Å². The van der Waals surface area contributed by atoms with Gasteiger partial charge in [-0.1, -0.05) is 0 Å². The zero-order valence-corrected chi connectivity index (χ0v) is 10.0. The predicted molar refractivity (Wildman–Crippen MR) is 63.0 cm³/mol. The molecule has 16 heavy (non-hydrogen) atoms. The first-order valence-electron chi connectivity index (χ1n) is 5.37. The summed E-state index contributed by atoms with van der Waals surface area (Å²) in [6.07, 6.45) is 1.26. The molecular formula is C13H18O3. The van der Waals surface area contributed by atoms with E-state index in [2.05, 4.69) is 0 Å². The Balaban J connectivity index is 2.51. The zero-order valence-electron chi connectivity index (χ0n) is 10.0. The van der Waals surface area contributed by atoms with Crippen LogP contribution in [0.4, 0.5) is 0 Å². The highest BCUT2D eigenvalue weighted by molar-refractivity contribution is 5.49. The van der Waals surface area contributed by atoms with E-state index in [1.54, 1.807) is 0 Å². The van der Waals surface area contributed by atoms with Gasteiger partial charge in [0.05, 0.1) is 6.61 Å². The first-order valence-corrected chi connectivity index (χ1v) is 5.37. The van der Waals surface area contributed by atoms with Crippen molar-refractivity contribution >= 4 is 6.29 Å². The van der Waals surface area contributed by atoms with Gasteiger partial charge in [-0.05, 0) is 45.0 Å². The molecule has 0 saturated carbocycles. The summed E-state index contributed by atoms with van der Waals surface area (Å²) < 4.78 is 11.0. The quantitative estimate of drug-likeness (QED) is 0.567. The Morgan fingerprint density at radius 1 is 1.12 bits per heavy atom. The molecule has 0 N–H and O–H groups in total. The van der Waals surface area contributed by atoms with E-state index in [1.807, 2.05) is 45.0 Å². The van der Waals surface area contributed by atoms with E-state index in [9.17, 15) is 4.79 Å². The van der Waals surface area contributed by atoms with Crippen molar-refractivity contribution in [3.63, 3.8) is 0 Å². The third-order valence-corrected chi connectivity index (χ3v) is 1.75. The summed E-state index contributed by atoms with van der Waals surface area (Å²) in [5.41, 5.74) is -0.195. The second-order valence-corrected chi connectivity index (χ2v) is 4.49. The summed E-state index contributed by atoms with van der Waals surface area (Å²) in [7, 11) is 0. The zero-order chi connectivity index (χ0) is 12.0. The van der Waals surface area contributed by atoms with E-state index in [-0.39, 0.29) is 5.60 Å². The van der Waals surface area contributed by atoms with Crippen molar-refractivity contribution in [2.75, 3.05) is 6.61 Å². The fourth-order valence-electron chi connectivity index (χ4n) is 1.18. The van der Waals surface area contributed by atoms with Crippen LogP contribution < -0.4 is 9.47 Å². The molecule has 3 nitrogen and oxygen atoms in total. The average Bonchev–Trinajstić information content (AvgIpc) is 2.19. The molecule has 0 heterocycles. The number of carbonyl (C=O) groups excluding carboxylic acids is 1. The van der Waals surface area contributed by atoms with E-state index in [1.165, 1.54) is 0 Å². The van der Waals surface area contributed by atoms with Gasteiger partial charge in [-0.25, -0.2) is 0 Å². The molecule has 0 bridgehead atoms. The highest BCUT2D eigenvalue weighted by Gasteiger charge is 2.11. The van der Waals surface area contributed by atoms with Gasteiger partial charge in [0.1, 0.15) is 23.4 Å². The third kappa shape index (κ3) is 4.82. The van der Waals surface area contributed by atoms with Crippen LogP contribution in [0.3, 0.4) is 0 Å². The lowest BCUT2D eigenvalue weighted by molar-refractivity contribution is -0.108. The highest BCUT2D eigenvalue weighted by atomic mass is 16.5. The number of ether oxygens (including phenoxy) is 2. The fourth-order valence-corrected chi connectivity index (χ4v) is 1.18. The highest BCUT2D eigenvalue weighted by Crippen LogP contribution is 2.21. The molecule has 0 radical (unpaired) electrons. The van der Waals surface area contributed by atoms with Crippen molar-refractivity contribution in [3.05, 3.63) is 24.3 Å². The molecule has 0 aromatic heterocycles. The Hall–Kier alpha value is -1.51. The van der Waals surface area contributed by atoms with Gasteiger partial charge in [-0.2, -0.15) is 0 Å². The van der Waals surface area contributed by atoms with Crippen LogP contribution in [0, 0.1) is 0 Å². The van der Waals surface area contributed by atoms with Crippen LogP contribution in [0.5, 0.6) is 11.5 Å². The van der Waals surface area contributed by atoms with Gasteiger partial charge in [-0.3, -0.25) is 0 Å². The van der Waals surface area contributed by atoms with E-state index in [4.69, 9.17) is 9.47 Å². The molecule has 0 fully saturated rings. The minimum Gasteiger partial charge on any atom is -0.493 e. The van der Waals surface area contributed by atoms with Crippen molar-refractivity contribution in [1.82, 2.24) is 0 Å². The first-order chi connectivity index (χ1) is 7.51. The molecule has 0 aliphatic rings. The molecule has 0 unspecified atom stereocenters. The molecule has 1 rings (SSSR count). The van der Waals surface area contributed by atoms with Gasteiger partial charge in [-0.15, -0.1) is 0 Å². The van der Waals surface area contributed by atoms with Crippen molar-refractivity contribution in [2.45, 2.75) is 32.8 Å². The van der Waals surface area contributed by atoms with Gasteiger partial charge in [0.15, 0.2) is 0 Å². The van der Waals surface area contributed by atoms with Crippen LogP contribution in [0.25, 0.3) is 0 Å². The van der Waals surface area contributed by atoms with Crippen molar-refractivity contribution < 1.29 is 14.3 Å². The summed E-state index contributed by atoms with van der Waals surface area (Å²) >= 11 is 0. The summed E-state index contributed by atoms with van der Waals surface area (Å²) in [5.74, 6) is 1.57. The molecular weight excluding hydrogens is 204 g/mol. The molecule has 0 aliphatic heterocycles. The standard InChI is InChI=1S/C13H18O3/c1-13(2,3)16-12-7-5-11(6-8-12)15-10-4-9-14/h5-9H,4,10H2,1-3H3. The van der Waals surface area contributed by atoms with E-state index >= 15 is 0 Å². The number of carbonyl (C=O) groups is 1. The van der Waals surface area contributed by atoms with Crippen molar-refractivity contribution in [1.29, 1.82) is 0 Å². The molecule has 0 amide bonds. The van der Waals surface area contributed by atoms with Gasteiger partial charge in [0.2, 0.25) is 0 Å². The number of benzene rings is 1. The Morgan fingerprint density at radius 3 is 2.19 bits per heavy atom. The molecule has 3 heteroatoms. The van der Waals surface area contributed by atoms with Crippen molar-refractivity contribution in [3.8, 4) is 11.5 Å². The fraction of sp³-hybridized carbons (Fsp3) is 0.462. The number of rotatable bonds is 5. The molecule has 0 saturated heterocycles. The summed E-state index contributed by atoms with van der Waals surface area (Å²) in [5, 5.41) is 0. The van der Waals surface area contributed by atoms with E-state index < -0.39 is 0 Å². The molecule has 0 aliphatic carbocycles. The van der Waals surface area contributed by atoms with Gasteiger partial charge >= 0.3 is 0 Å². The van der Waals surface area contributed by atoms with E-state index in [0.717, 1.165) is 17.8 Å². The van der Waals surface area contributed by atoms with Crippen LogP contribution in [0.2, 0.25) is 0 Å². The maximum absolute atomic E-state index is 10.1. The maximum Gasteiger partial charge on any atom is 0.123 e. The van der Waals surface area contributed by atoms with Crippen LogP contribution in [-0.2, 0) is 4.79 Å². The number of hydrogen-bond acceptors (Lipinski definition) is 3. The van der Waals surface area contributed by atoms with Gasteiger partial charge in [0, 0.05) is 6.42 Å². The maximum atomic E-state index is 10.1.